The van der Waals surface area contributed by atoms with Gasteiger partial charge in [0.05, 0.1) is 23.8 Å². The van der Waals surface area contributed by atoms with Gasteiger partial charge in [0, 0.05) is 94.3 Å². The van der Waals surface area contributed by atoms with Gasteiger partial charge in [-0.3, -0.25) is 14.6 Å². The summed E-state index contributed by atoms with van der Waals surface area (Å²) in [5.74, 6) is 0.132. The summed E-state index contributed by atoms with van der Waals surface area (Å²) in [6, 6.07) is 27.5. The average molecular weight is 688 g/mol. The minimum absolute atomic E-state index is 0.247. The van der Waals surface area contributed by atoms with Gasteiger partial charge in [-0.25, -0.2) is 4.98 Å². The predicted molar refractivity (Wildman–Crippen MR) is 202 cm³/mol. The molecule has 11 nitrogen and oxygen atoms in total. The summed E-state index contributed by atoms with van der Waals surface area (Å²) in [5, 5.41) is 16.1. The van der Waals surface area contributed by atoms with Crippen LogP contribution in [-0.4, -0.2) is 104 Å². The van der Waals surface area contributed by atoms with Crippen molar-refractivity contribution in [3.8, 4) is 11.9 Å². The molecule has 4 aromatic rings. The van der Waals surface area contributed by atoms with Crippen molar-refractivity contribution >= 4 is 23.0 Å². The van der Waals surface area contributed by atoms with Crippen LogP contribution in [0, 0.1) is 11.3 Å². The van der Waals surface area contributed by atoms with Crippen LogP contribution in [0.25, 0.3) is 0 Å². The maximum Gasteiger partial charge on any atom is 0.259 e. The molecule has 2 saturated heterocycles. The van der Waals surface area contributed by atoms with Gasteiger partial charge in [0.15, 0.2) is 5.54 Å². The summed E-state index contributed by atoms with van der Waals surface area (Å²) >= 11 is 0. The van der Waals surface area contributed by atoms with Gasteiger partial charge in [0.25, 0.3) is 5.91 Å². The first-order valence-electron chi connectivity index (χ1n) is 17.7. The quantitative estimate of drug-likeness (QED) is 0.218. The van der Waals surface area contributed by atoms with Gasteiger partial charge in [0.2, 0.25) is 5.88 Å². The first-order valence-corrected chi connectivity index (χ1v) is 17.7. The number of benzene rings is 3. The van der Waals surface area contributed by atoms with Crippen LogP contribution < -0.4 is 21.1 Å². The van der Waals surface area contributed by atoms with Crippen molar-refractivity contribution in [2.75, 3.05) is 89.4 Å². The summed E-state index contributed by atoms with van der Waals surface area (Å²) in [4.78, 5) is 27.8. The topological polar surface area (TPSA) is 126 Å². The third-order valence-electron chi connectivity index (χ3n) is 9.87. The molecule has 3 aliphatic rings. The maximum absolute atomic E-state index is 13.7. The van der Waals surface area contributed by atoms with E-state index in [9.17, 15) is 10.1 Å². The zero-order valence-corrected chi connectivity index (χ0v) is 29.9. The maximum atomic E-state index is 13.7. The molecular weight excluding hydrogens is 639 g/mol. The number of nitriles is 1. The zero-order chi connectivity index (χ0) is 35.8. The molecule has 1 amide bonds. The van der Waals surface area contributed by atoms with Crippen LogP contribution in [0.3, 0.4) is 0 Å². The Labute approximate surface area is 301 Å². The molecule has 1 aromatic heterocycles. The molecule has 1 unspecified atom stereocenters. The van der Waals surface area contributed by atoms with E-state index < -0.39 is 5.54 Å². The fraction of sp³-hybridized carbons (Fsp3) is 0.375. The lowest BCUT2D eigenvalue weighted by atomic mass is 9.83. The second-order valence-corrected chi connectivity index (χ2v) is 13.6. The summed E-state index contributed by atoms with van der Waals surface area (Å²) in [6.45, 7) is 13.2. The molecule has 0 radical (unpaired) electrons. The number of pyridine rings is 1. The van der Waals surface area contributed by atoms with Gasteiger partial charge in [-0.15, -0.1) is 0 Å². The molecule has 0 saturated carbocycles. The Morgan fingerprint density at radius 2 is 1.43 bits per heavy atom. The zero-order valence-electron chi connectivity index (χ0n) is 29.9. The van der Waals surface area contributed by atoms with Crippen LogP contribution in [0.15, 0.2) is 85.1 Å². The minimum atomic E-state index is -1.31. The van der Waals surface area contributed by atoms with Gasteiger partial charge < -0.3 is 30.9 Å². The first-order chi connectivity index (χ1) is 24.8. The number of nitrogens with one attached hydrogen (secondary N) is 2. The number of amides is 1. The molecule has 3 aromatic carbocycles. The average Bonchev–Trinajstić information content (AvgIpc) is 3.42. The lowest BCUT2D eigenvalue weighted by Crippen LogP contribution is -2.44. The van der Waals surface area contributed by atoms with Crippen LogP contribution in [0.4, 0.5) is 17.1 Å². The molecule has 4 N–H and O–H groups in total. The van der Waals surface area contributed by atoms with Gasteiger partial charge >= 0.3 is 0 Å². The van der Waals surface area contributed by atoms with Crippen LogP contribution >= 0.6 is 0 Å². The van der Waals surface area contributed by atoms with E-state index in [2.05, 4.69) is 79.6 Å². The number of hydrogen-bond acceptors (Lipinski definition) is 10. The molecule has 266 valence electrons. The Bertz CT molecular complexity index is 1810. The number of anilines is 3. The van der Waals surface area contributed by atoms with Crippen molar-refractivity contribution in [3.63, 3.8) is 0 Å². The number of fused-ring (bicyclic) bond motifs is 1. The van der Waals surface area contributed by atoms with E-state index in [-0.39, 0.29) is 5.91 Å². The van der Waals surface area contributed by atoms with E-state index in [4.69, 9.17) is 10.5 Å². The lowest BCUT2D eigenvalue weighted by Gasteiger charge is -2.33. The largest absolute Gasteiger partial charge is 0.478 e. The number of hydrogen-bond donors (Lipinski definition) is 3. The molecule has 51 heavy (non-hydrogen) atoms. The number of piperazine rings is 2. The van der Waals surface area contributed by atoms with E-state index in [0.29, 0.717) is 34.9 Å². The highest BCUT2D eigenvalue weighted by Gasteiger charge is 2.51. The molecule has 0 aliphatic carbocycles. The number of likely N-dealkylation sites (N-methyl/N-ethyl adjacent to an activating group) is 2. The van der Waals surface area contributed by atoms with Crippen molar-refractivity contribution in [2.45, 2.75) is 25.6 Å². The number of nitrogens with two attached hydrogens (primary N) is 1. The number of carbonyl (C=O) groups excluding carboxylic acids is 1. The van der Waals surface area contributed by atoms with Crippen molar-refractivity contribution in [1.29, 1.82) is 5.26 Å². The molecule has 3 aliphatic heterocycles. The summed E-state index contributed by atoms with van der Waals surface area (Å²) in [7, 11) is 4.34. The molecule has 0 bridgehead atoms. The second kappa shape index (κ2) is 16.4. The second-order valence-electron chi connectivity index (χ2n) is 13.6. The minimum Gasteiger partial charge on any atom is -0.478 e. The Balaban J connectivity index is 0.000000249. The Hall–Kier alpha value is -4.99. The van der Waals surface area contributed by atoms with E-state index in [0.717, 1.165) is 50.6 Å². The standard InChI is InChI=1S/C28H30N6O2.C12H19N3/c1-3-36-26-23(5-4-12-30-26)28(24-17-21(18-29)8-11-25(24)31-27(28)35)32-22-9-6-20(7-10-22)19-34-15-13-33(2)14-16-34;1-14-6-8-15(9-7-14)10-11-2-4-12(13)5-3-11/h4-12,17,32H,3,13-16,19H2,1-2H3,(H,31,35);2-5H,6-10,13H2,1H3. The monoisotopic (exact) mass is 687 g/mol. The van der Waals surface area contributed by atoms with Crippen molar-refractivity contribution < 1.29 is 9.53 Å². The van der Waals surface area contributed by atoms with Crippen LogP contribution in [-0.2, 0) is 23.4 Å². The van der Waals surface area contributed by atoms with Gasteiger partial charge in [-0.2, -0.15) is 5.26 Å². The fourth-order valence-corrected chi connectivity index (χ4v) is 6.82. The van der Waals surface area contributed by atoms with E-state index in [1.54, 1.807) is 30.5 Å². The number of ether oxygens (including phenoxy) is 1. The van der Waals surface area contributed by atoms with Crippen molar-refractivity contribution in [1.82, 2.24) is 24.6 Å². The third kappa shape index (κ3) is 8.49. The van der Waals surface area contributed by atoms with E-state index in [1.165, 1.54) is 37.3 Å². The fourth-order valence-electron chi connectivity index (χ4n) is 6.82. The Kier molecular flexibility index (Phi) is 11.5. The molecule has 0 spiro atoms. The molecule has 4 heterocycles. The molecule has 2 fully saturated rings. The molecule has 1 atom stereocenters. The molecular formula is C40H49N9O2. The molecule has 11 heteroatoms. The van der Waals surface area contributed by atoms with Crippen LogP contribution in [0.2, 0.25) is 0 Å². The highest BCUT2D eigenvalue weighted by Crippen LogP contribution is 2.46. The highest BCUT2D eigenvalue weighted by atomic mass is 16.5. The smallest absolute Gasteiger partial charge is 0.259 e. The Morgan fingerprint density at radius 3 is 2.00 bits per heavy atom. The van der Waals surface area contributed by atoms with Gasteiger partial charge in [0.1, 0.15) is 0 Å². The first kappa shape index (κ1) is 35.8. The number of aromatic nitrogens is 1. The normalized spacial score (nSPS) is 19.7. The van der Waals surface area contributed by atoms with E-state index >= 15 is 0 Å². The number of carbonyl (C=O) groups is 1. The molecule has 7 rings (SSSR count). The summed E-state index contributed by atoms with van der Waals surface area (Å²) in [6.07, 6.45) is 1.65. The van der Waals surface area contributed by atoms with Crippen molar-refractivity contribution in [3.05, 3.63) is 113 Å². The van der Waals surface area contributed by atoms with Crippen LogP contribution in [0.5, 0.6) is 5.88 Å². The van der Waals surface area contributed by atoms with Crippen LogP contribution in [0.1, 0.15) is 34.7 Å². The summed E-state index contributed by atoms with van der Waals surface area (Å²) in [5.41, 5.74) is 11.0. The number of rotatable bonds is 9. The number of nitrogen functional groups attached to an aromatic ring is 1. The third-order valence-corrected chi connectivity index (χ3v) is 9.87. The van der Waals surface area contributed by atoms with Crippen molar-refractivity contribution in [2.24, 2.45) is 0 Å². The number of nitrogens with zero attached hydrogens (tertiary/aromatic N) is 6. The van der Waals surface area contributed by atoms with E-state index in [1.807, 2.05) is 37.3 Å². The van der Waals surface area contributed by atoms with Gasteiger partial charge in [-0.05, 0) is 86.7 Å². The van der Waals surface area contributed by atoms with Gasteiger partial charge in [-0.1, -0.05) is 24.3 Å². The predicted octanol–water partition coefficient (Wildman–Crippen LogP) is 4.42. The Morgan fingerprint density at radius 1 is 0.843 bits per heavy atom. The summed E-state index contributed by atoms with van der Waals surface area (Å²) < 4.78 is 5.84. The lowest BCUT2D eigenvalue weighted by molar-refractivity contribution is -0.118. The highest BCUT2D eigenvalue weighted by molar-refractivity contribution is 6.10. The SMILES string of the molecule is CCOc1ncccc1C1(Nc2ccc(CN3CCN(C)CC3)cc2)C(=O)Nc2ccc(C#N)cc21.CN1CCN(Cc2ccc(N)cc2)CC1.